The average molecular weight is 444 g/mol. The first-order valence-corrected chi connectivity index (χ1v) is 10.3. The zero-order valence-electron chi connectivity index (χ0n) is 17.8. The molecule has 1 saturated heterocycles. The fourth-order valence-corrected chi connectivity index (χ4v) is 3.75. The van der Waals surface area contributed by atoms with Crippen molar-refractivity contribution in [2.24, 2.45) is 0 Å². The Morgan fingerprint density at radius 1 is 1.00 bits per heavy atom. The van der Waals surface area contributed by atoms with Gasteiger partial charge in [0.05, 0.1) is 23.7 Å². The van der Waals surface area contributed by atoms with Gasteiger partial charge in [0, 0.05) is 31.7 Å². The first-order valence-electron chi connectivity index (χ1n) is 10.3. The third-order valence-corrected chi connectivity index (χ3v) is 5.66. The molecule has 0 spiro atoms. The summed E-state index contributed by atoms with van der Waals surface area (Å²) in [5, 5.41) is 0. The molecule has 9 heteroatoms. The molecule has 0 atom stereocenters. The maximum Gasteiger partial charge on any atom is 0.416 e. The van der Waals surface area contributed by atoms with Crippen molar-refractivity contribution in [3.63, 3.8) is 0 Å². The van der Waals surface area contributed by atoms with Crippen molar-refractivity contribution in [1.82, 2.24) is 14.9 Å². The van der Waals surface area contributed by atoms with Crippen LogP contribution in [0.5, 0.6) is 5.75 Å². The van der Waals surface area contributed by atoms with Crippen molar-refractivity contribution in [3.8, 4) is 5.75 Å². The first kappa shape index (κ1) is 22.0. The number of hydrogen-bond acceptors (Lipinski definition) is 6. The van der Waals surface area contributed by atoms with E-state index in [4.69, 9.17) is 4.74 Å². The Morgan fingerprint density at radius 2 is 1.69 bits per heavy atom. The standard InChI is InChI=1S/C23H23F3N4O2/c1-3-29-10-12-30(13-11-29)22-20(21(31)15-4-7-17(32-2)8-5-15)27-18-9-6-16(23(24,25)26)14-19(18)28-22/h4-9,14H,3,10-13H2,1-2H3. The molecule has 1 aromatic heterocycles. The normalized spacial score (nSPS) is 15.2. The van der Waals surface area contributed by atoms with Crippen LogP contribution < -0.4 is 9.64 Å². The number of hydrogen-bond donors (Lipinski definition) is 0. The lowest BCUT2D eigenvalue weighted by Crippen LogP contribution is -2.47. The van der Waals surface area contributed by atoms with E-state index in [0.29, 0.717) is 30.2 Å². The number of ketones is 1. The first-order chi connectivity index (χ1) is 15.3. The Kier molecular flexibility index (Phi) is 6.01. The van der Waals surface area contributed by atoms with Crippen LogP contribution in [0.2, 0.25) is 0 Å². The van der Waals surface area contributed by atoms with Crippen LogP contribution in [0.3, 0.4) is 0 Å². The summed E-state index contributed by atoms with van der Waals surface area (Å²) in [6.07, 6.45) is -4.49. The molecule has 4 rings (SSSR count). The third kappa shape index (κ3) is 4.38. The number of carbonyl (C=O) groups is 1. The van der Waals surface area contributed by atoms with E-state index in [2.05, 4.69) is 21.8 Å². The largest absolute Gasteiger partial charge is 0.497 e. The number of carbonyl (C=O) groups excluding carboxylic acids is 1. The molecule has 0 unspecified atom stereocenters. The Balaban J connectivity index is 1.80. The number of rotatable bonds is 5. The fourth-order valence-electron chi connectivity index (χ4n) is 3.75. The van der Waals surface area contributed by atoms with Crippen molar-refractivity contribution in [1.29, 1.82) is 0 Å². The highest BCUT2D eigenvalue weighted by molar-refractivity contribution is 6.11. The maximum atomic E-state index is 13.3. The van der Waals surface area contributed by atoms with Gasteiger partial charge < -0.3 is 14.5 Å². The van der Waals surface area contributed by atoms with Crippen molar-refractivity contribution in [2.45, 2.75) is 13.1 Å². The number of benzene rings is 2. The lowest BCUT2D eigenvalue weighted by atomic mass is 10.1. The van der Waals surface area contributed by atoms with Gasteiger partial charge in [-0.25, -0.2) is 9.97 Å². The molecule has 2 aromatic carbocycles. The third-order valence-electron chi connectivity index (χ3n) is 5.66. The average Bonchev–Trinajstić information content (AvgIpc) is 2.82. The molecule has 3 aromatic rings. The summed E-state index contributed by atoms with van der Waals surface area (Å²) < 4.78 is 44.8. The minimum atomic E-state index is -4.49. The minimum Gasteiger partial charge on any atom is -0.497 e. The molecule has 0 radical (unpaired) electrons. The van der Waals surface area contributed by atoms with Crippen molar-refractivity contribution >= 4 is 22.6 Å². The summed E-state index contributed by atoms with van der Waals surface area (Å²) in [4.78, 5) is 26.5. The zero-order valence-corrected chi connectivity index (χ0v) is 17.8. The summed E-state index contributed by atoms with van der Waals surface area (Å²) in [5.41, 5.74) is 0.0901. The Morgan fingerprint density at radius 3 is 2.28 bits per heavy atom. The predicted octanol–water partition coefficient (Wildman–Crippen LogP) is 4.03. The number of aromatic nitrogens is 2. The smallest absolute Gasteiger partial charge is 0.416 e. The van der Waals surface area contributed by atoms with Crippen molar-refractivity contribution in [2.75, 3.05) is 44.7 Å². The number of methoxy groups -OCH3 is 1. The highest BCUT2D eigenvalue weighted by Crippen LogP contribution is 2.32. The summed E-state index contributed by atoms with van der Waals surface area (Å²) in [5.74, 6) is 0.588. The number of alkyl halides is 3. The van der Waals surface area contributed by atoms with Gasteiger partial charge in [-0.1, -0.05) is 6.92 Å². The zero-order chi connectivity index (χ0) is 22.9. The van der Waals surface area contributed by atoms with Crippen LogP contribution >= 0.6 is 0 Å². The van der Waals surface area contributed by atoms with E-state index in [1.165, 1.54) is 13.2 Å². The van der Waals surface area contributed by atoms with Gasteiger partial charge in [-0.2, -0.15) is 13.2 Å². The van der Waals surface area contributed by atoms with E-state index < -0.39 is 11.7 Å². The highest BCUT2D eigenvalue weighted by atomic mass is 19.4. The SMILES string of the molecule is CCN1CCN(c2nc3cc(C(F)(F)F)ccc3nc2C(=O)c2ccc(OC)cc2)CC1. The number of ether oxygens (including phenoxy) is 1. The Bertz CT molecular complexity index is 1120. The second-order valence-corrected chi connectivity index (χ2v) is 7.58. The van der Waals surface area contributed by atoms with Gasteiger partial charge in [0.25, 0.3) is 0 Å². The molecule has 0 bridgehead atoms. The number of piperazine rings is 1. The summed E-state index contributed by atoms with van der Waals surface area (Å²) in [6.45, 7) is 5.74. The maximum absolute atomic E-state index is 13.3. The number of halogens is 3. The molecular formula is C23H23F3N4O2. The number of fused-ring (bicyclic) bond motifs is 1. The molecule has 1 fully saturated rings. The Hall–Kier alpha value is -3.20. The molecule has 1 aliphatic rings. The highest BCUT2D eigenvalue weighted by Gasteiger charge is 2.31. The molecule has 2 heterocycles. The number of nitrogens with zero attached hydrogens (tertiary/aromatic N) is 4. The molecule has 6 nitrogen and oxygen atoms in total. The molecule has 0 amide bonds. The number of anilines is 1. The van der Waals surface area contributed by atoms with Gasteiger partial charge in [-0.3, -0.25) is 4.79 Å². The monoisotopic (exact) mass is 444 g/mol. The summed E-state index contributed by atoms with van der Waals surface area (Å²) in [7, 11) is 1.54. The minimum absolute atomic E-state index is 0.110. The molecule has 0 saturated carbocycles. The van der Waals surface area contributed by atoms with Crippen LogP contribution in [0.1, 0.15) is 28.5 Å². The van der Waals surface area contributed by atoms with Crippen LogP contribution in [0, 0.1) is 0 Å². The van der Waals surface area contributed by atoms with Gasteiger partial charge in [0.15, 0.2) is 11.5 Å². The second-order valence-electron chi connectivity index (χ2n) is 7.58. The molecule has 168 valence electrons. The van der Waals surface area contributed by atoms with E-state index in [-0.39, 0.29) is 22.5 Å². The lowest BCUT2D eigenvalue weighted by molar-refractivity contribution is -0.137. The van der Waals surface area contributed by atoms with Crippen LogP contribution in [-0.2, 0) is 6.18 Å². The van der Waals surface area contributed by atoms with Crippen molar-refractivity contribution < 1.29 is 22.7 Å². The van der Waals surface area contributed by atoms with Gasteiger partial charge >= 0.3 is 6.18 Å². The van der Waals surface area contributed by atoms with E-state index in [9.17, 15) is 18.0 Å². The van der Waals surface area contributed by atoms with Gasteiger partial charge in [-0.05, 0) is 49.0 Å². The van der Waals surface area contributed by atoms with E-state index in [1.54, 1.807) is 24.3 Å². The van der Waals surface area contributed by atoms with Crippen LogP contribution in [0.25, 0.3) is 11.0 Å². The second kappa shape index (κ2) is 8.74. The summed E-state index contributed by atoms with van der Waals surface area (Å²) in [6, 6.07) is 9.83. The van der Waals surface area contributed by atoms with Crippen molar-refractivity contribution in [3.05, 3.63) is 59.3 Å². The van der Waals surface area contributed by atoms with Gasteiger partial charge in [-0.15, -0.1) is 0 Å². The Labute approximate surface area is 183 Å². The molecule has 0 aliphatic carbocycles. The van der Waals surface area contributed by atoms with Crippen LogP contribution in [0.15, 0.2) is 42.5 Å². The number of likely N-dealkylation sites (N-methyl/N-ethyl adjacent to an activating group) is 1. The molecule has 0 N–H and O–H groups in total. The lowest BCUT2D eigenvalue weighted by Gasteiger charge is -2.35. The van der Waals surface area contributed by atoms with E-state index in [0.717, 1.165) is 31.8 Å². The van der Waals surface area contributed by atoms with E-state index >= 15 is 0 Å². The summed E-state index contributed by atoms with van der Waals surface area (Å²) >= 11 is 0. The fraction of sp³-hybridized carbons (Fsp3) is 0.348. The predicted molar refractivity (Wildman–Crippen MR) is 115 cm³/mol. The van der Waals surface area contributed by atoms with Gasteiger partial charge in [0.2, 0.25) is 5.78 Å². The molecular weight excluding hydrogens is 421 g/mol. The molecule has 1 aliphatic heterocycles. The van der Waals surface area contributed by atoms with Crippen LogP contribution in [-0.4, -0.2) is 60.5 Å². The van der Waals surface area contributed by atoms with Gasteiger partial charge in [0.1, 0.15) is 5.75 Å². The van der Waals surface area contributed by atoms with Crippen LogP contribution in [0.4, 0.5) is 19.0 Å². The quantitative estimate of drug-likeness (QED) is 0.554. The van der Waals surface area contributed by atoms with E-state index in [1.807, 2.05) is 4.90 Å². The topological polar surface area (TPSA) is 58.6 Å². The molecule has 32 heavy (non-hydrogen) atoms.